The van der Waals surface area contributed by atoms with Crippen LogP contribution in [-0.2, 0) is 6.54 Å². The summed E-state index contributed by atoms with van der Waals surface area (Å²) in [6.45, 7) is 8.64. The van der Waals surface area contributed by atoms with Crippen LogP contribution in [0.3, 0.4) is 0 Å². The Kier molecular flexibility index (Phi) is 8.73. The lowest BCUT2D eigenvalue weighted by Gasteiger charge is -2.17. The maximum Gasteiger partial charge on any atom is 0.175 e. The lowest BCUT2D eigenvalue weighted by molar-refractivity contribution is 0.102. The minimum atomic E-state index is -0.461. The van der Waals surface area contributed by atoms with Crippen LogP contribution in [0.4, 0.5) is 0 Å². The number of ether oxygens (including phenoxy) is 2. The van der Waals surface area contributed by atoms with Crippen LogP contribution in [0.5, 0.6) is 11.5 Å². The molecule has 4 nitrogen and oxygen atoms in total. The first-order valence-electron chi connectivity index (χ1n) is 7.59. The SMILES string of the molecule is CCCNCc1cc(Br)c(OCC(O)CC)c(OCC)c1. The normalized spacial score (nSPS) is 12.2. The number of benzene rings is 1. The van der Waals surface area contributed by atoms with E-state index in [4.69, 9.17) is 9.47 Å². The summed E-state index contributed by atoms with van der Waals surface area (Å²) in [5.41, 5.74) is 1.14. The van der Waals surface area contributed by atoms with Gasteiger partial charge in [-0.25, -0.2) is 0 Å². The first kappa shape index (κ1) is 18.3. The highest BCUT2D eigenvalue weighted by atomic mass is 79.9. The van der Waals surface area contributed by atoms with Crippen molar-refractivity contribution in [1.29, 1.82) is 0 Å². The van der Waals surface area contributed by atoms with Gasteiger partial charge in [-0.2, -0.15) is 0 Å². The second-order valence-electron chi connectivity index (χ2n) is 4.89. The topological polar surface area (TPSA) is 50.7 Å². The van der Waals surface area contributed by atoms with Crippen molar-refractivity contribution in [2.75, 3.05) is 19.8 Å². The fourth-order valence-electron chi connectivity index (χ4n) is 1.83. The minimum absolute atomic E-state index is 0.266. The number of hydrogen-bond acceptors (Lipinski definition) is 4. The van der Waals surface area contributed by atoms with E-state index in [0.29, 0.717) is 24.5 Å². The maximum atomic E-state index is 9.64. The Morgan fingerprint density at radius 2 is 2.00 bits per heavy atom. The predicted octanol–water partition coefficient (Wildman–Crippen LogP) is 3.50. The van der Waals surface area contributed by atoms with Crippen LogP contribution in [0.1, 0.15) is 39.2 Å². The number of aliphatic hydroxyl groups excluding tert-OH is 1. The molecule has 0 aliphatic heterocycles. The molecule has 2 N–H and O–H groups in total. The molecule has 0 aromatic heterocycles. The number of nitrogens with one attached hydrogen (secondary N) is 1. The molecule has 0 radical (unpaired) electrons. The molecule has 0 aliphatic carbocycles. The summed E-state index contributed by atoms with van der Waals surface area (Å²) in [5, 5.41) is 13.0. The van der Waals surface area contributed by atoms with Crippen molar-refractivity contribution in [3.63, 3.8) is 0 Å². The van der Waals surface area contributed by atoms with Gasteiger partial charge in [-0.05, 0) is 59.9 Å². The highest BCUT2D eigenvalue weighted by Crippen LogP contribution is 2.37. The largest absolute Gasteiger partial charge is 0.490 e. The third-order valence-corrected chi connectivity index (χ3v) is 3.61. The summed E-state index contributed by atoms with van der Waals surface area (Å²) >= 11 is 3.53. The number of rotatable bonds is 10. The van der Waals surface area contributed by atoms with Crippen LogP contribution in [-0.4, -0.2) is 31.0 Å². The van der Waals surface area contributed by atoms with Gasteiger partial charge in [-0.15, -0.1) is 0 Å². The molecule has 0 saturated heterocycles. The van der Waals surface area contributed by atoms with Gasteiger partial charge in [0.15, 0.2) is 11.5 Å². The Morgan fingerprint density at radius 3 is 2.62 bits per heavy atom. The van der Waals surface area contributed by atoms with Gasteiger partial charge in [-0.1, -0.05) is 13.8 Å². The molecule has 1 aromatic rings. The van der Waals surface area contributed by atoms with E-state index in [1.165, 1.54) is 0 Å². The molecule has 0 aliphatic rings. The molecule has 21 heavy (non-hydrogen) atoms. The van der Waals surface area contributed by atoms with Gasteiger partial charge in [0.05, 0.1) is 17.2 Å². The lowest BCUT2D eigenvalue weighted by Crippen LogP contribution is -2.17. The number of hydrogen-bond donors (Lipinski definition) is 2. The first-order valence-corrected chi connectivity index (χ1v) is 8.38. The summed E-state index contributed by atoms with van der Waals surface area (Å²) in [6.07, 6.45) is 1.31. The molecular weight excluding hydrogens is 334 g/mol. The van der Waals surface area contributed by atoms with E-state index in [1.54, 1.807) is 0 Å². The first-order chi connectivity index (χ1) is 10.1. The Balaban J connectivity index is 2.85. The van der Waals surface area contributed by atoms with Gasteiger partial charge in [0.1, 0.15) is 6.61 Å². The third kappa shape index (κ3) is 6.24. The van der Waals surface area contributed by atoms with E-state index in [1.807, 2.05) is 26.0 Å². The average molecular weight is 360 g/mol. The van der Waals surface area contributed by atoms with Gasteiger partial charge >= 0.3 is 0 Å². The highest BCUT2D eigenvalue weighted by molar-refractivity contribution is 9.10. The van der Waals surface area contributed by atoms with Crippen molar-refractivity contribution in [2.24, 2.45) is 0 Å². The van der Waals surface area contributed by atoms with E-state index in [9.17, 15) is 5.11 Å². The van der Waals surface area contributed by atoms with E-state index in [2.05, 4.69) is 28.2 Å². The smallest absolute Gasteiger partial charge is 0.175 e. The number of aliphatic hydroxyl groups is 1. The monoisotopic (exact) mass is 359 g/mol. The third-order valence-electron chi connectivity index (χ3n) is 3.02. The Morgan fingerprint density at radius 1 is 1.24 bits per heavy atom. The molecule has 0 bridgehead atoms. The highest BCUT2D eigenvalue weighted by Gasteiger charge is 2.13. The second-order valence-corrected chi connectivity index (χ2v) is 5.74. The molecule has 5 heteroatoms. The van der Waals surface area contributed by atoms with Gasteiger partial charge in [0, 0.05) is 6.54 Å². The van der Waals surface area contributed by atoms with Crippen molar-refractivity contribution in [2.45, 2.75) is 46.3 Å². The molecule has 0 heterocycles. The van der Waals surface area contributed by atoms with Crippen molar-refractivity contribution < 1.29 is 14.6 Å². The van der Waals surface area contributed by atoms with E-state index < -0.39 is 6.10 Å². The zero-order valence-corrected chi connectivity index (χ0v) is 14.7. The minimum Gasteiger partial charge on any atom is -0.490 e. The van der Waals surface area contributed by atoms with Crippen LogP contribution in [0.15, 0.2) is 16.6 Å². The van der Waals surface area contributed by atoms with Crippen molar-refractivity contribution in [1.82, 2.24) is 5.32 Å². The fraction of sp³-hybridized carbons (Fsp3) is 0.625. The van der Waals surface area contributed by atoms with Crippen molar-refractivity contribution >= 4 is 15.9 Å². The molecule has 1 aromatic carbocycles. The summed E-state index contributed by atoms with van der Waals surface area (Å²) in [5.74, 6) is 1.37. The predicted molar refractivity (Wildman–Crippen MR) is 89.1 cm³/mol. The van der Waals surface area contributed by atoms with E-state index in [0.717, 1.165) is 29.5 Å². The zero-order valence-electron chi connectivity index (χ0n) is 13.1. The van der Waals surface area contributed by atoms with Crippen LogP contribution in [0.2, 0.25) is 0 Å². The van der Waals surface area contributed by atoms with Crippen molar-refractivity contribution in [3.8, 4) is 11.5 Å². The fourth-order valence-corrected chi connectivity index (χ4v) is 2.44. The van der Waals surface area contributed by atoms with Gasteiger partial charge < -0.3 is 19.9 Å². The maximum absolute atomic E-state index is 9.64. The molecule has 0 fully saturated rings. The molecular formula is C16H26BrNO3. The van der Waals surface area contributed by atoms with Gasteiger partial charge in [0.2, 0.25) is 0 Å². The molecule has 120 valence electrons. The summed E-state index contributed by atoms with van der Waals surface area (Å²) in [4.78, 5) is 0. The molecule has 1 rings (SSSR count). The van der Waals surface area contributed by atoms with Crippen LogP contribution in [0.25, 0.3) is 0 Å². The Labute approximate surface area is 136 Å². The molecule has 0 amide bonds. The molecule has 1 atom stereocenters. The standard InChI is InChI=1S/C16H26BrNO3/c1-4-7-18-10-12-8-14(17)16(15(9-12)20-6-3)21-11-13(19)5-2/h8-9,13,18-19H,4-7,10-11H2,1-3H3. The Hall–Kier alpha value is -0.780. The van der Waals surface area contributed by atoms with E-state index in [-0.39, 0.29) is 6.61 Å². The van der Waals surface area contributed by atoms with Gasteiger partial charge in [-0.3, -0.25) is 0 Å². The van der Waals surface area contributed by atoms with E-state index >= 15 is 0 Å². The summed E-state index contributed by atoms with van der Waals surface area (Å²) in [6, 6.07) is 4.02. The second kappa shape index (κ2) is 10.0. The molecule has 1 unspecified atom stereocenters. The summed E-state index contributed by atoms with van der Waals surface area (Å²) < 4.78 is 12.2. The Bertz CT molecular complexity index is 426. The zero-order chi connectivity index (χ0) is 15.7. The molecule has 0 spiro atoms. The lowest BCUT2D eigenvalue weighted by atomic mass is 10.2. The van der Waals surface area contributed by atoms with Crippen LogP contribution >= 0.6 is 15.9 Å². The van der Waals surface area contributed by atoms with Crippen molar-refractivity contribution in [3.05, 3.63) is 22.2 Å². The molecule has 0 saturated carbocycles. The van der Waals surface area contributed by atoms with Crippen LogP contribution in [0, 0.1) is 0 Å². The summed E-state index contributed by atoms with van der Waals surface area (Å²) in [7, 11) is 0. The average Bonchev–Trinajstić information content (AvgIpc) is 2.46. The number of halogens is 1. The quantitative estimate of drug-likeness (QED) is 0.627. The van der Waals surface area contributed by atoms with Gasteiger partial charge in [0.25, 0.3) is 0 Å². The van der Waals surface area contributed by atoms with Crippen LogP contribution < -0.4 is 14.8 Å².